The number of carbonyl (C=O) groups excluding carboxylic acids is 4. The average Bonchev–Trinajstić information content (AvgIpc) is 4.22. The highest BCUT2D eigenvalue weighted by molar-refractivity contribution is 6.12. The summed E-state index contributed by atoms with van der Waals surface area (Å²) < 4.78 is 58.3. The van der Waals surface area contributed by atoms with E-state index in [-0.39, 0.29) is 72.8 Å². The van der Waals surface area contributed by atoms with Crippen molar-refractivity contribution in [3.63, 3.8) is 0 Å². The number of rotatable bonds is 14. The molecule has 2 aromatic carbocycles. The summed E-state index contributed by atoms with van der Waals surface area (Å²) in [5, 5.41) is 50.4. The van der Waals surface area contributed by atoms with Gasteiger partial charge in [0.25, 0.3) is 11.8 Å². The Kier molecular flexibility index (Phi) is 15.0. The van der Waals surface area contributed by atoms with Gasteiger partial charge in [0.15, 0.2) is 47.3 Å². The maximum atomic E-state index is 13.7. The maximum absolute atomic E-state index is 13.7. The summed E-state index contributed by atoms with van der Waals surface area (Å²) in [6.45, 7) is 14.6. The molecule has 80 heavy (non-hydrogen) atoms. The molecule has 4 unspecified atom stereocenters. The summed E-state index contributed by atoms with van der Waals surface area (Å²) in [5.41, 5.74) is -4.60. The Morgan fingerprint density at radius 2 is 1.00 bits per heavy atom. The molecular formula is C55H59N5O20. The van der Waals surface area contributed by atoms with Crippen molar-refractivity contribution < 1.29 is 86.3 Å². The fourth-order valence-corrected chi connectivity index (χ4v) is 10.0. The second-order valence-corrected chi connectivity index (χ2v) is 20.5. The molecule has 9 rings (SSSR count). The molecule has 2 amide bonds. The smallest absolute Gasteiger partial charge is 0.364 e. The van der Waals surface area contributed by atoms with E-state index in [1.165, 1.54) is 71.4 Å². The summed E-state index contributed by atoms with van der Waals surface area (Å²) in [4.78, 5) is 89.0. The van der Waals surface area contributed by atoms with E-state index in [0.29, 0.717) is 11.4 Å². The van der Waals surface area contributed by atoms with Crippen molar-refractivity contribution >= 4 is 57.1 Å². The van der Waals surface area contributed by atoms with E-state index < -0.39 is 118 Å². The number of carbonyl (C=O) groups is 4. The maximum Gasteiger partial charge on any atom is 0.364 e. The van der Waals surface area contributed by atoms with Crippen LogP contribution in [-0.2, 0) is 28.4 Å². The third-order valence-corrected chi connectivity index (χ3v) is 14.2. The van der Waals surface area contributed by atoms with Crippen molar-refractivity contribution in [1.29, 1.82) is 0 Å². The number of amides is 2. The van der Waals surface area contributed by atoms with Crippen LogP contribution in [0, 0.1) is 34.6 Å². The van der Waals surface area contributed by atoms with E-state index in [2.05, 4.69) is 25.6 Å². The molecule has 0 radical (unpaired) electrons. The molecule has 2 fully saturated rings. The van der Waals surface area contributed by atoms with E-state index >= 15 is 0 Å². The Labute approximate surface area is 454 Å². The van der Waals surface area contributed by atoms with Gasteiger partial charge in [0.2, 0.25) is 12.6 Å². The lowest BCUT2D eigenvalue weighted by molar-refractivity contribution is -0.305. The Hall–Kier alpha value is -8.46. The molecule has 25 heteroatoms. The van der Waals surface area contributed by atoms with Crippen LogP contribution in [0.5, 0.6) is 23.0 Å². The number of hydrogen-bond donors (Lipinski definition) is 9. The summed E-state index contributed by atoms with van der Waals surface area (Å²) in [7, 11) is 2.76. The molecule has 25 nitrogen and oxygen atoms in total. The lowest BCUT2D eigenvalue weighted by atomic mass is 9.89. The summed E-state index contributed by atoms with van der Waals surface area (Å²) in [5.74, 6) is -4.71. The molecular weight excluding hydrogens is 1050 g/mol. The van der Waals surface area contributed by atoms with Gasteiger partial charge in [-0.2, -0.15) is 0 Å². The van der Waals surface area contributed by atoms with Crippen molar-refractivity contribution in [2.24, 2.45) is 0 Å². The first kappa shape index (κ1) is 56.3. The first-order chi connectivity index (χ1) is 37.7. The lowest BCUT2D eigenvalue weighted by Crippen LogP contribution is -2.65. The minimum absolute atomic E-state index is 0.0247. The quantitative estimate of drug-likeness (QED) is 0.0474. The molecule has 2 aliphatic heterocycles. The predicted molar refractivity (Wildman–Crippen MR) is 281 cm³/mol. The van der Waals surface area contributed by atoms with Crippen LogP contribution in [-0.4, -0.2) is 134 Å². The van der Waals surface area contributed by atoms with Crippen LogP contribution in [0.15, 0.2) is 73.2 Å². The van der Waals surface area contributed by atoms with E-state index in [0.717, 1.165) is 6.20 Å². The van der Waals surface area contributed by atoms with Crippen molar-refractivity contribution in [1.82, 2.24) is 15.0 Å². The minimum atomic E-state index is -1.59. The Morgan fingerprint density at radius 1 is 0.588 bits per heavy atom. The second-order valence-electron chi connectivity index (χ2n) is 20.5. The Bertz CT molecular complexity index is 3480. The highest BCUT2D eigenvalue weighted by atomic mass is 16.7. The number of aliphatic hydroxyl groups is 2. The van der Waals surface area contributed by atoms with Crippen molar-refractivity contribution in [3.8, 4) is 23.0 Å². The van der Waals surface area contributed by atoms with Gasteiger partial charge in [-0.3, -0.25) is 9.59 Å². The van der Waals surface area contributed by atoms with Crippen molar-refractivity contribution in [3.05, 3.63) is 126 Å². The number of esters is 2. The van der Waals surface area contributed by atoms with Crippen LogP contribution in [0.1, 0.15) is 97.6 Å². The highest BCUT2D eigenvalue weighted by Gasteiger charge is 2.55. The van der Waals surface area contributed by atoms with Gasteiger partial charge < -0.3 is 92.7 Å². The van der Waals surface area contributed by atoms with Gasteiger partial charge in [-0.15, -0.1) is 0 Å². The normalized spacial score (nSPS) is 22.4. The number of aromatic hydroxyl groups is 2. The van der Waals surface area contributed by atoms with Crippen molar-refractivity contribution in [2.45, 2.75) is 123 Å². The number of benzene rings is 2. The third-order valence-electron chi connectivity index (χ3n) is 14.2. The number of anilines is 2. The zero-order valence-electron chi connectivity index (χ0n) is 45.1. The topological polar surface area (TPSA) is 355 Å². The van der Waals surface area contributed by atoms with Gasteiger partial charge in [0, 0.05) is 42.9 Å². The van der Waals surface area contributed by atoms with Gasteiger partial charge >= 0.3 is 23.2 Å². The standard InChI is InChI=1S/C55H59N5O20/c1-21-12-16-29(57-21)48(67)77-42-38(63)52(79-54(6,7)44(42)71-10)73-31-18-14-26-36(61)34(50(69)75-40(26)24(31)4)59-46(65)28-20-56-33(23(28)3)47(66)60-35-37(62)27-15-19-32(25(5)41(27)76-51(35)70)74-53-39(64)43(45(72-11)55(8,9)80-53)78-49(68)30-17-13-22(2)58-30/h12-20,38-39,42-45,52-53,56-58,61-64H,1-11H3,(H,59,65)(H,60,66)/t38?,39?,42?,43?,44-,45-,52-,53-/m1/s1. The van der Waals surface area contributed by atoms with Gasteiger partial charge in [0.1, 0.15) is 52.0 Å². The number of nitrogens with one attached hydrogen (secondary N) is 5. The van der Waals surface area contributed by atoms with E-state index in [1.807, 2.05) is 0 Å². The number of fused-ring (bicyclic) bond motifs is 2. The fraction of sp³-hybridized carbons (Fsp3) is 0.382. The first-order valence-electron chi connectivity index (χ1n) is 25.0. The zero-order valence-corrected chi connectivity index (χ0v) is 45.1. The summed E-state index contributed by atoms with van der Waals surface area (Å²) in [6, 6.07) is 11.9. The third kappa shape index (κ3) is 10.2. The van der Waals surface area contributed by atoms with E-state index in [9.17, 15) is 49.2 Å². The van der Waals surface area contributed by atoms with Crippen LogP contribution in [0.3, 0.4) is 0 Å². The molecule has 0 saturated carbocycles. The zero-order chi connectivity index (χ0) is 58.0. The number of methoxy groups -OCH3 is 2. The number of aliphatic hydroxyl groups excluding tert-OH is 2. The first-order valence-corrected chi connectivity index (χ1v) is 25.0. The Morgan fingerprint density at radius 3 is 1.39 bits per heavy atom. The monoisotopic (exact) mass is 1110 g/mol. The number of aromatic nitrogens is 3. The number of hydrogen-bond acceptors (Lipinski definition) is 20. The van der Waals surface area contributed by atoms with E-state index in [1.54, 1.807) is 53.7 Å². The Balaban J connectivity index is 0.890. The van der Waals surface area contributed by atoms with Crippen LogP contribution >= 0.6 is 0 Å². The molecule has 0 bridgehead atoms. The molecule has 9 N–H and O–H groups in total. The lowest BCUT2D eigenvalue weighted by Gasteiger charge is -2.47. The highest BCUT2D eigenvalue weighted by Crippen LogP contribution is 2.41. The number of ether oxygens (including phenoxy) is 8. The largest absolute Gasteiger partial charge is 0.505 e. The van der Waals surface area contributed by atoms with Crippen molar-refractivity contribution in [2.75, 3.05) is 24.9 Å². The SMILES string of the molecule is CO[C@@H]1C(OC(=O)c2ccc(C)[nH]2)C(O)[C@H](Oc2ccc3c(O)c(NC(=O)c4c[nH]c(C(=O)Nc5c(O)c6ccc(O[C@@H]7OC(C)(C)[C@H](OC)C(OC(=O)c8ccc(C)[nH]8)C7O)c(C)c6oc5=O)c4C)c(=O)oc3c2C)OC1(C)C. The summed E-state index contributed by atoms with van der Waals surface area (Å²) in [6.07, 6.45) is -9.34. The van der Waals surface area contributed by atoms with Crippen LogP contribution in [0.2, 0.25) is 0 Å². The summed E-state index contributed by atoms with van der Waals surface area (Å²) >= 11 is 0. The molecule has 2 saturated heterocycles. The predicted octanol–water partition coefficient (Wildman–Crippen LogP) is 5.57. The van der Waals surface area contributed by atoms with Gasteiger partial charge in [-0.25, -0.2) is 19.2 Å². The molecule has 0 spiro atoms. The molecule has 0 aliphatic carbocycles. The van der Waals surface area contributed by atoms with Gasteiger partial charge in [-0.05, 0) is 116 Å². The van der Waals surface area contributed by atoms with E-state index in [4.69, 9.17) is 46.7 Å². The molecule has 5 aromatic heterocycles. The average molecular weight is 1110 g/mol. The van der Waals surface area contributed by atoms with Gasteiger partial charge in [-0.1, -0.05) is 0 Å². The molecule has 2 aliphatic rings. The number of H-pyrrole nitrogens is 3. The fourth-order valence-electron chi connectivity index (χ4n) is 10.0. The minimum Gasteiger partial charge on any atom is -0.505 e. The van der Waals surface area contributed by atoms with Crippen LogP contribution < -0.4 is 31.4 Å². The van der Waals surface area contributed by atoms with Crippen LogP contribution in [0.25, 0.3) is 21.9 Å². The van der Waals surface area contributed by atoms with Crippen LogP contribution in [0.4, 0.5) is 11.4 Å². The number of aromatic amines is 3. The molecule has 8 atom stereocenters. The second kappa shape index (κ2) is 21.3. The number of aryl methyl sites for hydroxylation is 4. The van der Waals surface area contributed by atoms with Gasteiger partial charge in [0.05, 0.1) is 27.5 Å². The molecule has 424 valence electrons. The molecule has 7 aromatic rings. The molecule has 7 heterocycles.